The third-order valence-corrected chi connectivity index (χ3v) is 5.71. The smallest absolute Gasteiger partial charge is 0.227 e. The summed E-state index contributed by atoms with van der Waals surface area (Å²) in [5.41, 5.74) is 0.990. The van der Waals surface area contributed by atoms with Crippen LogP contribution >= 0.6 is 0 Å². The van der Waals surface area contributed by atoms with E-state index in [1.54, 1.807) is 12.1 Å². The van der Waals surface area contributed by atoms with Gasteiger partial charge in [0.15, 0.2) is 9.84 Å². The minimum absolute atomic E-state index is 0.0766. The molecule has 0 radical (unpaired) electrons. The largest absolute Gasteiger partial charge is 0.371 e. The van der Waals surface area contributed by atoms with Crippen molar-refractivity contribution < 1.29 is 13.2 Å². The van der Waals surface area contributed by atoms with Gasteiger partial charge in [-0.3, -0.25) is 4.79 Å². The van der Waals surface area contributed by atoms with Gasteiger partial charge in [0.05, 0.1) is 10.8 Å². The van der Waals surface area contributed by atoms with Gasteiger partial charge in [0.25, 0.3) is 0 Å². The summed E-state index contributed by atoms with van der Waals surface area (Å²) < 4.78 is 23.0. The molecule has 0 spiro atoms. The molecule has 0 bridgehead atoms. The summed E-state index contributed by atoms with van der Waals surface area (Å²) in [7, 11) is -3.16. The zero-order valence-electron chi connectivity index (χ0n) is 12.9. The number of carbonyl (C=O) groups excluding carboxylic acids is 1. The molecule has 120 valence electrons. The van der Waals surface area contributed by atoms with E-state index in [0.717, 1.165) is 51.1 Å². The molecule has 22 heavy (non-hydrogen) atoms. The molecule has 1 atom stereocenters. The first-order chi connectivity index (χ1) is 10.4. The van der Waals surface area contributed by atoms with E-state index in [4.69, 9.17) is 0 Å². The van der Waals surface area contributed by atoms with Gasteiger partial charge in [-0.15, -0.1) is 0 Å². The Kier molecular flexibility index (Phi) is 4.12. The van der Waals surface area contributed by atoms with E-state index in [2.05, 4.69) is 4.90 Å². The number of sulfone groups is 1. The molecule has 1 aromatic rings. The Hall–Kier alpha value is -1.56. The SMILES string of the molecule is CS(=O)(=O)c1ccc(N2CCC(C(=O)N3CCCC3)C2)cc1. The number of carbonyl (C=O) groups is 1. The Morgan fingerprint density at radius 3 is 2.32 bits per heavy atom. The van der Waals surface area contributed by atoms with Crippen LogP contribution in [0.25, 0.3) is 0 Å². The van der Waals surface area contributed by atoms with Gasteiger partial charge in [0.2, 0.25) is 5.91 Å². The lowest BCUT2D eigenvalue weighted by atomic mass is 10.1. The number of likely N-dealkylation sites (tertiary alicyclic amines) is 1. The average Bonchev–Trinajstić information content (AvgIpc) is 3.17. The van der Waals surface area contributed by atoms with Crippen molar-refractivity contribution in [1.29, 1.82) is 0 Å². The average molecular weight is 322 g/mol. The van der Waals surface area contributed by atoms with Crippen LogP contribution in [0.15, 0.2) is 29.2 Å². The van der Waals surface area contributed by atoms with Crippen molar-refractivity contribution in [2.24, 2.45) is 5.92 Å². The Morgan fingerprint density at radius 2 is 1.73 bits per heavy atom. The summed E-state index contributed by atoms with van der Waals surface area (Å²) in [4.78, 5) is 16.9. The third-order valence-electron chi connectivity index (χ3n) is 4.59. The summed E-state index contributed by atoms with van der Waals surface area (Å²) in [6, 6.07) is 6.94. The van der Waals surface area contributed by atoms with Crippen molar-refractivity contribution in [1.82, 2.24) is 4.90 Å². The minimum Gasteiger partial charge on any atom is -0.371 e. The van der Waals surface area contributed by atoms with Crippen molar-refractivity contribution in [3.63, 3.8) is 0 Å². The lowest BCUT2D eigenvalue weighted by Gasteiger charge is -2.21. The first-order valence-corrected chi connectivity index (χ1v) is 9.68. The fraction of sp³-hybridized carbons (Fsp3) is 0.562. The zero-order chi connectivity index (χ0) is 15.7. The number of hydrogen-bond donors (Lipinski definition) is 0. The van der Waals surface area contributed by atoms with E-state index in [-0.39, 0.29) is 11.8 Å². The summed E-state index contributed by atoms with van der Waals surface area (Å²) in [6.45, 7) is 3.38. The maximum absolute atomic E-state index is 12.4. The van der Waals surface area contributed by atoms with Crippen LogP contribution in [-0.2, 0) is 14.6 Å². The van der Waals surface area contributed by atoms with Gasteiger partial charge < -0.3 is 9.80 Å². The molecule has 2 aliphatic rings. The number of benzene rings is 1. The summed E-state index contributed by atoms with van der Waals surface area (Å²) >= 11 is 0. The van der Waals surface area contributed by atoms with Crippen LogP contribution in [0, 0.1) is 5.92 Å². The molecular weight excluding hydrogens is 300 g/mol. The Bertz CT molecular complexity index is 648. The van der Waals surface area contributed by atoms with Gasteiger partial charge in [-0.1, -0.05) is 0 Å². The van der Waals surface area contributed by atoms with Gasteiger partial charge in [-0.25, -0.2) is 8.42 Å². The molecular formula is C16H22N2O3S. The van der Waals surface area contributed by atoms with E-state index in [1.165, 1.54) is 6.26 Å². The standard InChI is InChI=1S/C16H22N2O3S/c1-22(20,21)15-6-4-14(5-7-15)18-11-8-13(12-18)16(19)17-9-2-3-10-17/h4-7,13H,2-3,8-12H2,1H3. The molecule has 0 N–H and O–H groups in total. The number of amides is 1. The van der Waals surface area contributed by atoms with E-state index in [9.17, 15) is 13.2 Å². The molecule has 6 heteroatoms. The second kappa shape index (κ2) is 5.91. The van der Waals surface area contributed by atoms with Crippen LogP contribution in [0.1, 0.15) is 19.3 Å². The molecule has 1 unspecified atom stereocenters. The van der Waals surface area contributed by atoms with E-state index < -0.39 is 9.84 Å². The third kappa shape index (κ3) is 3.11. The van der Waals surface area contributed by atoms with Crippen molar-refractivity contribution in [3.8, 4) is 0 Å². The number of rotatable bonds is 3. The highest BCUT2D eigenvalue weighted by Crippen LogP contribution is 2.27. The van der Waals surface area contributed by atoms with Crippen molar-refractivity contribution >= 4 is 21.4 Å². The van der Waals surface area contributed by atoms with Gasteiger partial charge in [0, 0.05) is 38.1 Å². The van der Waals surface area contributed by atoms with Crippen LogP contribution < -0.4 is 4.90 Å². The van der Waals surface area contributed by atoms with Crippen molar-refractivity contribution in [3.05, 3.63) is 24.3 Å². The fourth-order valence-corrected chi connectivity index (χ4v) is 3.93. The number of nitrogens with zero attached hydrogens (tertiary/aromatic N) is 2. The van der Waals surface area contributed by atoms with Crippen LogP contribution in [0.3, 0.4) is 0 Å². The van der Waals surface area contributed by atoms with Gasteiger partial charge in [-0.05, 0) is 43.5 Å². The predicted octanol–water partition coefficient (Wildman–Crippen LogP) is 1.54. The molecule has 3 rings (SSSR count). The minimum atomic E-state index is -3.16. The highest BCUT2D eigenvalue weighted by atomic mass is 32.2. The van der Waals surface area contributed by atoms with E-state index in [0.29, 0.717) is 4.90 Å². The first-order valence-electron chi connectivity index (χ1n) is 7.79. The second-order valence-electron chi connectivity index (χ2n) is 6.23. The molecule has 1 aromatic carbocycles. The molecule has 0 saturated carbocycles. The predicted molar refractivity (Wildman–Crippen MR) is 85.7 cm³/mol. The van der Waals surface area contributed by atoms with Gasteiger partial charge >= 0.3 is 0 Å². The highest BCUT2D eigenvalue weighted by molar-refractivity contribution is 7.90. The summed E-state index contributed by atoms with van der Waals surface area (Å²) in [6.07, 6.45) is 4.33. The second-order valence-corrected chi connectivity index (χ2v) is 8.25. The normalized spacial score (nSPS) is 22.3. The Balaban J connectivity index is 1.66. The zero-order valence-corrected chi connectivity index (χ0v) is 13.7. The monoisotopic (exact) mass is 322 g/mol. The maximum atomic E-state index is 12.4. The molecule has 2 heterocycles. The molecule has 0 aliphatic carbocycles. The van der Waals surface area contributed by atoms with Crippen LogP contribution in [-0.4, -0.2) is 51.7 Å². The fourth-order valence-electron chi connectivity index (χ4n) is 3.30. The lowest BCUT2D eigenvalue weighted by Crippen LogP contribution is -2.35. The first kappa shape index (κ1) is 15.3. The van der Waals surface area contributed by atoms with Gasteiger partial charge in [0.1, 0.15) is 0 Å². The Morgan fingerprint density at radius 1 is 1.09 bits per heavy atom. The van der Waals surface area contributed by atoms with Crippen molar-refractivity contribution in [2.45, 2.75) is 24.2 Å². The van der Waals surface area contributed by atoms with Crippen LogP contribution in [0.2, 0.25) is 0 Å². The van der Waals surface area contributed by atoms with E-state index in [1.807, 2.05) is 17.0 Å². The molecule has 2 aliphatic heterocycles. The summed E-state index contributed by atoms with van der Waals surface area (Å²) in [5, 5.41) is 0. The maximum Gasteiger partial charge on any atom is 0.227 e. The van der Waals surface area contributed by atoms with Crippen LogP contribution in [0.5, 0.6) is 0 Å². The highest BCUT2D eigenvalue weighted by Gasteiger charge is 2.32. The molecule has 5 nitrogen and oxygen atoms in total. The molecule has 2 saturated heterocycles. The quantitative estimate of drug-likeness (QED) is 0.847. The molecule has 1 amide bonds. The van der Waals surface area contributed by atoms with Crippen LogP contribution in [0.4, 0.5) is 5.69 Å². The lowest BCUT2D eigenvalue weighted by molar-refractivity contribution is -0.133. The van der Waals surface area contributed by atoms with E-state index >= 15 is 0 Å². The number of hydrogen-bond acceptors (Lipinski definition) is 4. The Labute approximate surface area is 131 Å². The van der Waals surface area contributed by atoms with Crippen molar-refractivity contribution in [2.75, 3.05) is 37.3 Å². The van der Waals surface area contributed by atoms with Gasteiger partial charge in [-0.2, -0.15) is 0 Å². The summed E-state index contributed by atoms with van der Waals surface area (Å²) in [5.74, 6) is 0.362. The topological polar surface area (TPSA) is 57.7 Å². The molecule has 2 fully saturated rings. The molecule has 0 aromatic heterocycles. The number of anilines is 1.